The van der Waals surface area contributed by atoms with Gasteiger partial charge in [-0.15, -0.1) is 0 Å². The van der Waals surface area contributed by atoms with Crippen molar-refractivity contribution in [2.45, 2.75) is 71.6 Å². The van der Waals surface area contributed by atoms with E-state index in [0.29, 0.717) is 12.4 Å². The second kappa shape index (κ2) is 10.4. The lowest BCUT2D eigenvalue weighted by Crippen LogP contribution is -1.98. The molecule has 1 aromatic rings. The van der Waals surface area contributed by atoms with E-state index in [1.165, 1.54) is 51.0 Å². The Morgan fingerprint density at radius 3 is 2.10 bits per heavy atom. The van der Waals surface area contributed by atoms with Crippen molar-refractivity contribution in [3.63, 3.8) is 0 Å². The van der Waals surface area contributed by atoms with Crippen molar-refractivity contribution in [2.24, 2.45) is 0 Å². The Labute approximate surface area is 129 Å². The number of benzene rings is 1. The molecule has 0 spiro atoms. The molecule has 0 saturated heterocycles. The summed E-state index contributed by atoms with van der Waals surface area (Å²) in [4.78, 5) is 0. The molecule has 21 heavy (non-hydrogen) atoms. The first kappa shape index (κ1) is 17.7. The van der Waals surface area contributed by atoms with Gasteiger partial charge in [-0.25, -0.2) is 0 Å². The number of ether oxygens (including phenoxy) is 1. The normalized spacial score (nSPS) is 10.8. The van der Waals surface area contributed by atoms with Crippen LogP contribution in [0.3, 0.4) is 0 Å². The van der Waals surface area contributed by atoms with Gasteiger partial charge in [-0.3, -0.25) is 0 Å². The minimum atomic E-state index is -0.131. The van der Waals surface area contributed by atoms with Crippen LogP contribution in [0.25, 0.3) is 0 Å². The van der Waals surface area contributed by atoms with Crippen LogP contribution in [-0.4, -0.2) is 16.8 Å². The van der Waals surface area contributed by atoms with Gasteiger partial charge >= 0.3 is 0 Å². The minimum Gasteiger partial charge on any atom is -0.504 e. The predicted molar refractivity (Wildman–Crippen MR) is 87.3 cm³/mol. The van der Waals surface area contributed by atoms with Crippen LogP contribution in [0.15, 0.2) is 12.1 Å². The molecule has 0 aromatic heterocycles. The molecule has 3 nitrogen and oxygen atoms in total. The summed E-state index contributed by atoms with van der Waals surface area (Å²) in [5.41, 5.74) is 0.984. The number of unbranched alkanes of at least 4 members (excludes halogenated alkanes) is 7. The molecule has 0 bridgehead atoms. The van der Waals surface area contributed by atoms with Gasteiger partial charge in [-0.2, -0.15) is 0 Å². The van der Waals surface area contributed by atoms with Crippen molar-refractivity contribution in [3.8, 4) is 17.2 Å². The molecule has 0 radical (unpaired) electrons. The van der Waals surface area contributed by atoms with Crippen LogP contribution in [0.4, 0.5) is 0 Å². The van der Waals surface area contributed by atoms with E-state index in [1.54, 1.807) is 0 Å². The number of rotatable bonds is 11. The largest absolute Gasteiger partial charge is 0.504 e. The van der Waals surface area contributed by atoms with Gasteiger partial charge in [0.2, 0.25) is 5.75 Å². The van der Waals surface area contributed by atoms with Crippen molar-refractivity contribution in [1.82, 2.24) is 0 Å². The molecule has 0 heterocycles. The van der Waals surface area contributed by atoms with Crippen molar-refractivity contribution in [3.05, 3.63) is 17.7 Å². The quantitative estimate of drug-likeness (QED) is 0.437. The summed E-state index contributed by atoms with van der Waals surface area (Å²) >= 11 is 0. The zero-order chi connectivity index (χ0) is 15.5. The van der Waals surface area contributed by atoms with Crippen molar-refractivity contribution >= 4 is 0 Å². The molecular formula is C18H30O3. The standard InChI is InChI=1S/C18H30O3/c1-3-5-6-7-8-9-10-11-12-15-13-14-16(19)17(20)18(15)21-4-2/h13-14,19-20H,3-12H2,1-2H3. The van der Waals surface area contributed by atoms with Crippen LogP contribution >= 0.6 is 0 Å². The molecule has 120 valence electrons. The minimum absolute atomic E-state index is 0.113. The number of phenolic OH excluding ortho intramolecular Hbond substituents is 2. The molecule has 1 aromatic carbocycles. The van der Waals surface area contributed by atoms with Gasteiger partial charge in [0.1, 0.15) is 0 Å². The molecule has 0 amide bonds. The summed E-state index contributed by atoms with van der Waals surface area (Å²) in [5, 5.41) is 19.4. The summed E-state index contributed by atoms with van der Waals surface area (Å²) in [7, 11) is 0. The third-order valence-corrected chi connectivity index (χ3v) is 3.78. The summed E-state index contributed by atoms with van der Waals surface area (Å²) in [6.07, 6.45) is 11.1. The highest BCUT2D eigenvalue weighted by Gasteiger charge is 2.12. The van der Waals surface area contributed by atoms with Crippen LogP contribution in [0.2, 0.25) is 0 Å². The van der Waals surface area contributed by atoms with Crippen LogP contribution in [0, 0.1) is 0 Å². The van der Waals surface area contributed by atoms with Crippen LogP contribution in [0.1, 0.15) is 70.8 Å². The summed E-state index contributed by atoms with van der Waals surface area (Å²) in [5.74, 6) is 0.201. The predicted octanol–water partition coefficient (Wildman–Crippen LogP) is 5.18. The maximum absolute atomic E-state index is 9.86. The SMILES string of the molecule is CCCCCCCCCCc1ccc(O)c(O)c1OCC. The van der Waals surface area contributed by atoms with Gasteiger partial charge in [-0.1, -0.05) is 57.9 Å². The van der Waals surface area contributed by atoms with E-state index >= 15 is 0 Å². The van der Waals surface area contributed by atoms with Crippen molar-refractivity contribution in [1.29, 1.82) is 0 Å². The highest BCUT2D eigenvalue weighted by Crippen LogP contribution is 2.38. The maximum Gasteiger partial charge on any atom is 0.200 e. The van der Waals surface area contributed by atoms with Gasteiger partial charge < -0.3 is 14.9 Å². The first-order valence-corrected chi connectivity index (χ1v) is 8.37. The second-order valence-electron chi connectivity index (χ2n) is 5.58. The Hall–Kier alpha value is -1.38. The molecule has 2 N–H and O–H groups in total. The highest BCUT2D eigenvalue weighted by molar-refractivity contribution is 5.54. The number of aryl methyl sites for hydroxylation is 1. The van der Waals surface area contributed by atoms with Crippen molar-refractivity contribution < 1.29 is 14.9 Å². The molecule has 1 rings (SSSR count). The lowest BCUT2D eigenvalue weighted by molar-refractivity contribution is 0.305. The Morgan fingerprint density at radius 2 is 1.48 bits per heavy atom. The van der Waals surface area contributed by atoms with Crippen LogP contribution < -0.4 is 4.74 Å². The summed E-state index contributed by atoms with van der Waals surface area (Å²) in [6.45, 7) is 4.61. The lowest BCUT2D eigenvalue weighted by Gasteiger charge is -2.12. The molecule has 0 aliphatic heterocycles. The third kappa shape index (κ3) is 6.28. The van der Waals surface area contributed by atoms with Crippen molar-refractivity contribution in [2.75, 3.05) is 6.61 Å². The fraction of sp³-hybridized carbons (Fsp3) is 0.667. The topological polar surface area (TPSA) is 49.7 Å². The van der Waals surface area contributed by atoms with E-state index in [1.807, 2.05) is 13.0 Å². The van der Waals surface area contributed by atoms with Gasteiger partial charge in [0.05, 0.1) is 6.61 Å². The average Bonchev–Trinajstić information content (AvgIpc) is 2.48. The Kier molecular flexibility index (Phi) is 8.72. The van der Waals surface area contributed by atoms with Gasteiger partial charge in [0.25, 0.3) is 0 Å². The second-order valence-corrected chi connectivity index (χ2v) is 5.58. The first-order valence-electron chi connectivity index (χ1n) is 8.37. The third-order valence-electron chi connectivity index (χ3n) is 3.78. The Morgan fingerprint density at radius 1 is 0.857 bits per heavy atom. The number of hydrogen-bond donors (Lipinski definition) is 2. The Balaban J connectivity index is 2.33. The van der Waals surface area contributed by atoms with E-state index in [2.05, 4.69) is 6.92 Å². The lowest BCUT2D eigenvalue weighted by atomic mass is 10.0. The molecule has 0 aliphatic rings. The molecule has 0 atom stereocenters. The van der Waals surface area contributed by atoms with Crippen LogP contribution in [0.5, 0.6) is 17.2 Å². The fourth-order valence-corrected chi connectivity index (χ4v) is 2.55. The highest BCUT2D eigenvalue weighted by atomic mass is 16.5. The average molecular weight is 294 g/mol. The zero-order valence-electron chi connectivity index (χ0n) is 13.5. The number of hydrogen-bond acceptors (Lipinski definition) is 3. The zero-order valence-corrected chi connectivity index (χ0v) is 13.5. The smallest absolute Gasteiger partial charge is 0.200 e. The molecule has 0 saturated carbocycles. The van der Waals surface area contributed by atoms with E-state index in [-0.39, 0.29) is 11.5 Å². The molecular weight excluding hydrogens is 264 g/mol. The molecule has 0 unspecified atom stereocenters. The van der Waals surface area contributed by atoms with Gasteiger partial charge in [-0.05, 0) is 31.4 Å². The van der Waals surface area contributed by atoms with E-state index in [9.17, 15) is 10.2 Å². The fourth-order valence-electron chi connectivity index (χ4n) is 2.55. The van der Waals surface area contributed by atoms with E-state index in [0.717, 1.165) is 18.4 Å². The van der Waals surface area contributed by atoms with Gasteiger partial charge in [0.15, 0.2) is 11.5 Å². The van der Waals surface area contributed by atoms with Crippen LogP contribution in [-0.2, 0) is 6.42 Å². The maximum atomic E-state index is 9.86. The van der Waals surface area contributed by atoms with E-state index < -0.39 is 0 Å². The monoisotopic (exact) mass is 294 g/mol. The first-order chi connectivity index (χ1) is 10.2. The van der Waals surface area contributed by atoms with E-state index in [4.69, 9.17) is 4.74 Å². The Bertz CT molecular complexity index is 402. The number of phenols is 2. The molecule has 0 aliphatic carbocycles. The van der Waals surface area contributed by atoms with Gasteiger partial charge in [0, 0.05) is 0 Å². The summed E-state index contributed by atoms with van der Waals surface area (Å²) < 4.78 is 5.46. The molecule has 3 heteroatoms. The molecule has 0 fully saturated rings. The number of aromatic hydroxyl groups is 2. The summed E-state index contributed by atoms with van der Waals surface area (Å²) in [6, 6.07) is 3.39.